The quantitative estimate of drug-likeness (QED) is 0.137. The molecule has 0 saturated carbocycles. The van der Waals surface area contributed by atoms with Gasteiger partial charge in [-0.05, 0) is 60.2 Å². The number of imidazole rings is 1. The highest BCUT2D eigenvalue weighted by atomic mass is 32.3. The van der Waals surface area contributed by atoms with Crippen molar-refractivity contribution >= 4 is 33.6 Å². The number of pyridine rings is 1. The second-order valence-electron chi connectivity index (χ2n) is 11.4. The van der Waals surface area contributed by atoms with Gasteiger partial charge in [0.05, 0.1) is 48.5 Å². The van der Waals surface area contributed by atoms with Crippen LogP contribution in [0, 0.1) is 0 Å². The number of rotatable bonds is 10. The molecule has 3 aromatic carbocycles. The smallest absolute Gasteiger partial charge is 0.227 e. The van der Waals surface area contributed by atoms with Crippen LogP contribution in [0.2, 0.25) is 0 Å². The number of aromatic nitrogens is 4. The summed E-state index contributed by atoms with van der Waals surface area (Å²) in [6.07, 6.45) is 3.68. The molecule has 246 valence electrons. The molecule has 3 N–H and O–H groups in total. The van der Waals surface area contributed by atoms with Gasteiger partial charge in [0.2, 0.25) is 5.95 Å². The van der Waals surface area contributed by atoms with E-state index in [0.29, 0.717) is 65.8 Å². The van der Waals surface area contributed by atoms with Crippen molar-refractivity contribution in [1.82, 2.24) is 19.4 Å². The zero-order valence-electron chi connectivity index (χ0n) is 26.6. The van der Waals surface area contributed by atoms with Crippen LogP contribution in [0.4, 0.5) is 17.3 Å². The van der Waals surface area contributed by atoms with E-state index in [4.69, 9.17) is 24.2 Å². The minimum absolute atomic E-state index is 0.351. The second kappa shape index (κ2) is 13.4. The van der Waals surface area contributed by atoms with E-state index in [1.807, 2.05) is 102 Å². The molecule has 1 aliphatic rings. The van der Waals surface area contributed by atoms with Crippen molar-refractivity contribution in [2.45, 2.75) is 6.61 Å². The number of hydrogen-bond donors (Lipinski definition) is 3. The van der Waals surface area contributed by atoms with E-state index in [9.17, 15) is 9.11 Å². The molecule has 0 bridgehead atoms. The molecule has 0 unspecified atom stereocenters. The lowest BCUT2D eigenvalue weighted by molar-refractivity contribution is 0.284. The summed E-state index contributed by atoms with van der Waals surface area (Å²) in [4.78, 5) is 16.6. The van der Waals surface area contributed by atoms with Crippen LogP contribution < -0.4 is 24.4 Å². The molecule has 7 rings (SSSR count). The number of methoxy groups -OCH3 is 2. The Bertz CT molecular complexity index is 2040. The molecule has 11 nitrogen and oxygen atoms in total. The van der Waals surface area contributed by atoms with Crippen LogP contribution in [0.5, 0.6) is 17.2 Å². The molecular weight excluding hydrogens is 628 g/mol. The summed E-state index contributed by atoms with van der Waals surface area (Å²) in [5.74, 6) is 2.95. The summed E-state index contributed by atoms with van der Waals surface area (Å²) in [6.45, 7) is 1.54. The van der Waals surface area contributed by atoms with Crippen molar-refractivity contribution in [2.75, 3.05) is 49.0 Å². The first-order chi connectivity index (χ1) is 23.4. The zero-order valence-corrected chi connectivity index (χ0v) is 27.4. The number of fused-ring (bicyclic) bond motifs is 1. The fourth-order valence-electron chi connectivity index (χ4n) is 5.76. The van der Waals surface area contributed by atoms with Crippen molar-refractivity contribution in [1.29, 1.82) is 0 Å². The van der Waals surface area contributed by atoms with E-state index in [-0.39, 0.29) is 0 Å². The predicted octanol–water partition coefficient (Wildman–Crippen LogP) is 7.37. The topological polar surface area (TPSA) is 127 Å². The van der Waals surface area contributed by atoms with Crippen LogP contribution >= 0.6 is 10.6 Å². The minimum atomic E-state index is -2.50. The SMILES string of the molecule is COc1ccc(N2CCS(O)(O)CC2)cc1Nc1nccc(-c2c(-c3ccc(OCc4ccccc4)c(OC)c3)nc3ccccn23)n1. The molecule has 3 aromatic heterocycles. The van der Waals surface area contributed by atoms with Crippen LogP contribution in [-0.2, 0) is 6.61 Å². The minimum Gasteiger partial charge on any atom is -0.495 e. The number of nitrogens with zero attached hydrogens (tertiary/aromatic N) is 5. The van der Waals surface area contributed by atoms with Gasteiger partial charge >= 0.3 is 0 Å². The molecular formula is C36H36N6O5S. The van der Waals surface area contributed by atoms with Crippen LogP contribution in [0.25, 0.3) is 28.3 Å². The normalized spacial score (nSPS) is 14.8. The third-order valence-electron chi connectivity index (χ3n) is 8.27. The summed E-state index contributed by atoms with van der Waals surface area (Å²) in [5, 5.41) is 3.35. The first-order valence-corrected chi connectivity index (χ1v) is 17.4. The van der Waals surface area contributed by atoms with E-state index in [1.54, 1.807) is 20.4 Å². The van der Waals surface area contributed by atoms with Gasteiger partial charge in [-0.3, -0.25) is 13.5 Å². The molecule has 4 heterocycles. The van der Waals surface area contributed by atoms with Gasteiger partial charge in [0.1, 0.15) is 18.0 Å². The van der Waals surface area contributed by atoms with E-state index >= 15 is 0 Å². The largest absolute Gasteiger partial charge is 0.495 e. The van der Waals surface area contributed by atoms with Crippen LogP contribution in [-0.4, -0.2) is 67.3 Å². The molecule has 1 saturated heterocycles. The van der Waals surface area contributed by atoms with E-state index in [0.717, 1.165) is 33.8 Å². The van der Waals surface area contributed by atoms with E-state index in [1.165, 1.54) is 0 Å². The summed E-state index contributed by atoms with van der Waals surface area (Å²) in [5.41, 5.74) is 6.51. The molecule has 6 aromatic rings. The fraction of sp³-hybridized carbons (Fsp3) is 0.194. The highest BCUT2D eigenvalue weighted by Gasteiger charge is 2.24. The first-order valence-electron chi connectivity index (χ1n) is 15.5. The lowest BCUT2D eigenvalue weighted by atomic mass is 10.1. The van der Waals surface area contributed by atoms with E-state index in [2.05, 4.69) is 15.2 Å². The van der Waals surface area contributed by atoms with Gasteiger partial charge < -0.3 is 24.4 Å². The predicted molar refractivity (Wildman–Crippen MR) is 190 cm³/mol. The Morgan fingerprint density at radius 2 is 1.58 bits per heavy atom. The van der Waals surface area contributed by atoms with Gasteiger partial charge in [-0.1, -0.05) is 36.4 Å². The van der Waals surface area contributed by atoms with Crippen LogP contribution in [0.1, 0.15) is 5.56 Å². The van der Waals surface area contributed by atoms with Crippen molar-refractivity contribution in [2.24, 2.45) is 0 Å². The summed E-state index contributed by atoms with van der Waals surface area (Å²) >= 11 is 0. The van der Waals surface area contributed by atoms with Crippen molar-refractivity contribution < 1.29 is 23.3 Å². The van der Waals surface area contributed by atoms with Gasteiger partial charge in [-0.2, -0.15) is 10.6 Å². The third-order valence-corrected chi connectivity index (χ3v) is 9.95. The second-order valence-corrected chi connectivity index (χ2v) is 13.8. The number of nitrogens with one attached hydrogen (secondary N) is 1. The molecule has 1 fully saturated rings. The first kappa shape index (κ1) is 31.3. The third kappa shape index (κ3) is 6.58. The Morgan fingerprint density at radius 3 is 2.38 bits per heavy atom. The Kier molecular flexibility index (Phi) is 8.76. The molecule has 0 radical (unpaired) electrons. The zero-order chi connectivity index (χ0) is 33.1. The Morgan fingerprint density at radius 1 is 0.812 bits per heavy atom. The fourth-order valence-corrected chi connectivity index (χ4v) is 6.99. The summed E-state index contributed by atoms with van der Waals surface area (Å²) in [6, 6.07) is 29.4. The molecule has 1 aliphatic heterocycles. The summed E-state index contributed by atoms with van der Waals surface area (Å²) in [7, 11) is 0.741. The number of anilines is 3. The standard InChI is InChI=1S/C36H36N6O5S/c1-45-30-14-12-27(41-18-20-48(43,44)21-19-41)23-29(30)39-36-37-16-15-28(38-36)35-34(40-33-10-6-7-17-42(33)35)26-11-13-31(32(22-26)46-2)47-24-25-8-4-3-5-9-25/h3-17,22-23,43-44H,18-21,24H2,1-2H3,(H,37,38,39). The van der Waals surface area contributed by atoms with E-state index < -0.39 is 10.6 Å². The lowest BCUT2D eigenvalue weighted by Gasteiger charge is -2.42. The van der Waals surface area contributed by atoms with Crippen molar-refractivity contribution in [3.05, 3.63) is 109 Å². The van der Waals surface area contributed by atoms with Crippen molar-refractivity contribution in [3.8, 4) is 39.9 Å². The van der Waals surface area contributed by atoms with Gasteiger partial charge in [0.15, 0.2) is 11.5 Å². The molecule has 12 heteroatoms. The number of benzene rings is 3. The highest BCUT2D eigenvalue weighted by Crippen LogP contribution is 2.42. The lowest BCUT2D eigenvalue weighted by Crippen LogP contribution is -2.38. The van der Waals surface area contributed by atoms with Crippen LogP contribution in [0.15, 0.2) is 103 Å². The molecule has 0 aliphatic carbocycles. The number of ether oxygens (including phenoxy) is 3. The maximum absolute atomic E-state index is 10.1. The molecule has 48 heavy (non-hydrogen) atoms. The van der Waals surface area contributed by atoms with Gasteiger partial charge in [0.25, 0.3) is 0 Å². The van der Waals surface area contributed by atoms with Crippen LogP contribution in [0.3, 0.4) is 0 Å². The van der Waals surface area contributed by atoms with Gasteiger partial charge in [-0.15, -0.1) is 0 Å². The Balaban J connectivity index is 1.21. The maximum Gasteiger partial charge on any atom is 0.227 e. The summed E-state index contributed by atoms with van der Waals surface area (Å²) < 4.78 is 39.7. The Hall–Kier alpha value is -5.30. The van der Waals surface area contributed by atoms with Crippen molar-refractivity contribution in [3.63, 3.8) is 0 Å². The molecule has 0 atom stereocenters. The highest BCUT2D eigenvalue weighted by molar-refractivity contribution is 8.24. The average molecular weight is 665 g/mol. The maximum atomic E-state index is 10.1. The molecule has 0 spiro atoms. The van der Waals surface area contributed by atoms with Gasteiger partial charge in [-0.25, -0.2) is 15.0 Å². The monoisotopic (exact) mass is 664 g/mol. The molecule has 0 amide bonds. The Labute approximate surface area is 280 Å². The van der Waals surface area contributed by atoms with Gasteiger partial charge in [0, 0.05) is 36.7 Å². The number of hydrogen-bond acceptors (Lipinski definition) is 10. The average Bonchev–Trinajstić information content (AvgIpc) is 3.51.